The van der Waals surface area contributed by atoms with Crippen molar-refractivity contribution in [3.8, 4) is 0 Å². The van der Waals surface area contributed by atoms with Crippen molar-refractivity contribution in [3.63, 3.8) is 0 Å². The first-order valence-corrected chi connectivity index (χ1v) is 7.63. The summed E-state index contributed by atoms with van der Waals surface area (Å²) in [7, 11) is 0. The summed E-state index contributed by atoms with van der Waals surface area (Å²) < 4.78 is 33.4. The lowest BCUT2D eigenvalue weighted by atomic mass is 9.64. The summed E-state index contributed by atoms with van der Waals surface area (Å²) in [6, 6.07) is 1.99. The fourth-order valence-electron chi connectivity index (χ4n) is 2.60. The van der Waals surface area contributed by atoms with Crippen molar-refractivity contribution in [3.05, 3.63) is 33.8 Å². The molecule has 1 aliphatic rings. The van der Waals surface area contributed by atoms with E-state index < -0.39 is 23.1 Å². The maximum Gasteiger partial charge on any atom is 0.257 e. The highest BCUT2D eigenvalue weighted by Crippen LogP contribution is 2.42. The van der Waals surface area contributed by atoms with Gasteiger partial charge >= 0.3 is 0 Å². The highest BCUT2D eigenvalue weighted by molar-refractivity contribution is 9.10. The van der Waals surface area contributed by atoms with Crippen molar-refractivity contribution in [1.82, 2.24) is 5.32 Å². The molecule has 2 unspecified atom stereocenters. The first kappa shape index (κ1) is 16.4. The van der Waals surface area contributed by atoms with Crippen LogP contribution in [0.15, 0.2) is 16.6 Å². The third-order valence-electron chi connectivity index (χ3n) is 4.08. The van der Waals surface area contributed by atoms with Gasteiger partial charge in [-0.25, -0.2) is 8.78 Å². The van der Waals surface area contributed by atoms with E-state index in [0.29, 0.717) is 13.0 Å². The Balaban J connectivity index is 2.10. The molecule has 1 fully saturated rings. The van der Waals surface area contributed by atoms with Crippen LogP contribution in [-0.2, 0) is 4.74 Å². The minimum atomic E-state index is -0.877. The second-order valence-electron chi connectivity index (χ2n) is 5.77. The molecule has 0 saturated heterocycles. The van der Waals surface area contributed by atoms with Gasteiger partial charge in [-0.2, -0.15) is 0 Å². The molecule has 1 amide bonds. The Morgan fingerprint density at radius 2 is 2.00 bits per heavy atom. The molecule has 3 nitrogen and oxygen atoms in total. The van der Waals surface area contributed by atoms with Gasteiger partial charge in [0.2, 0.25) is 0 Å². The molecule has 1 aliphatic carbocycles. The molecule has 0 heterocycles. The van der Waals surface area contributed by atoms with Crippen molar-refractivity contribution in [2.45, 2.75) is 39.3 Å². The molecule has 21 heavy (non-hydrogen) atoms. The number of hydrogen-bond acceptors (Lipinski definition) is 2. The number of carbonyl (C=O) groups excluding carboxylic acids is 1. The molecule has 2 rings (SSSR count). The maximum absolute atomic E-state index is 13.8. The lowest BCUT2D eigenvalue weighted by Gasteiger charge is -2.51. The molecule has 0 radical (unpaired) electrons. The Morgan fingerprint density at radius 3 is 2.48 bits per heavy atom. The Hall–Kier alpha value is -1.01. The fraction of sp³-hybridized carbons (Fsp3) is 0.533. The van der Waals surface area contributed by atoms with Crippen molar-refractivity contribution >= 4 is 21.8 Å². The van der Waals surface area contributed by atoms with Crippen molar-refractivity contribution in [1.29, 1.82) is 0 Å². The predicted octanol–water partition coefficient (Wildman–Crippen LogP) is 3.66. The first-order valence-electron chi connectivity index (χ1n) is 6.84. The van der Waals surface area contributed by atoms with Crippen LogP contribution >= 0.6 is 15.9 Å². The second kappa shape index (κ2) is 6.01. The molecule has 0 bridgehead atoms. The van der Waals surface area contributed by atoms with Crippen LogP contribution < -0.4 is 5.32 Å². The summed E-state index contributed by atoms with van der Waals surface area (Å²) in [5.74, 6) is -2.48. The first-order chi connectivity index (χ1) is 9.77. The lowest BCUT2D eigenvalue weighted by molar-refractivity contribution is -0.111. The third-order valence-corrected chi connectivity index (χ3v) is 4.54. The monoisotopic (exact) mass is 361 g/mol. The lowest BCUT2D eigenvalue weighted by Crippen LogP contribution is -2.62. The number of halogens is 3. The average molecular weight is 362 g/mol. The highest BCUT2D eigenvalue weighted by atomic mass is 79.9. The fourth-order valence-corrected chi connectivity index (χ4v) is 3.01. The van der Waals surface area contributed by atoms with E-state index in [1.807, 2.05) is 20.8 Å². The number of benzene rings is 1. The number of amides is 1. The normalized spacial score (nSPS) is 23.5. The minimum absolute atomic E-state index is 0.0485. The Morgan fingerprint density at radius 1 is 1.43 bits per heavy atom. The van der Waals surface area contributed by atoms with Crippen LogP contribution in [0.25, 0.3) is 0 Å². The van der Waals surface area contributed by atoms with Crippen molar-refractivity contribution in [2.75, 3.05) is 6.61 Å². The van der Waals surface area contributed by atoms with Crippen LogP contribution in [0.1, 0.15) is 37.6 Å². The number of rotatable bonds is 4. The van der Waals surface area contributed by atoms with E-state index in [1.54, 1.807) is 0 Å². The van der Waals surface area contributed by atoms with Gasteiger partial charge in [0.15, 0.2) is 0 Å². The van der Waals surface area contributed by atoms with Gasteiger partial charge in [0.25, 0.3) is 5.91 Å². The number of hydrogen-bond donors (Lipinski definition) is 1. The van der Waals surface area contributed by atoms with Gasteiger partial charge in [-0.3, -0.25) is 4.79 Å². The zero-order chi connectivity index (χ0) is 15.8. The van der Waals surface area contributed by atoms with E-state index in [-0.39, 0.29) is 22.0 Å². The standard InChI is InChI=1S/C15H18BrF2NO2/c1-4-21-12-7-11(15(12,2)3)19-14(20)13-9(17)5-8(16)6-10(13)18/h5-6,11-12H,4,7H2,1-3H3,(H,19,20). The summed E-state index contributed by atoms with van der Waals surface area (Å²) in [5.41, 5.74) is -0.803. The van der Waals surface area contributed by atoms with Gasteiger partial charge in [0, 0.05) is 22.5 Å². The molecule has 0 spiro atoms. The molecule has 1 aromatic rings. The second-order valence-corrected chi connectivity index (χ2v) is 6.69. The third kappa shape index (κ3) is 3.11. The highest BCUT2D eigenvalue weighted by Gasteiger charge is 2.49. The van der Waals surface area contributed by atoms with Crippen LogP contribution in [0.2, 0.25) is 0 Å². The van der Waals surface area contributed by atoms with Gasteiger partial charge in [-0.1, -0.05) is 29.8 Å². The van der Waals surface area contributed by atoms with Gasteiger partial charge in [-0.15, -0.1) is 0 Å². The molecule has 2 atom stereocenters. The van der Waals surface area contributed by atoms with E-state index >= 15 is 0 Å². The minimum Gasteiger partial charge on any atom is -0.378 e. The summed E-state index contributed by atoms with van der Waals surface area (Å²) >= 11 is 2.99. The van der Waals surface area contributed by atoms with Gasteiger partial charge in [-0.05, 0) is 25.5 Å². The van der Waals surface area contributed by atoms with Gasteiger partial charge < -0.3 is 10.1 Å². The van der Waals surface area contributed by atoms with Crippen molar-refractivity contribution in [2.24, 2.45) is 5.41 Å². The van der Waals surface area contributed by atoms with E-state index in [9.17, 15) is 13.6 Å². The quantitative estimate of drug-likeness (QED) is 0.888. The predicted molar refractivity (Wildman–Crippen MR) is 79.1 cm³/mol. The van der Waals surface area contributed by atoms with Crippen LogP contribution in [-0.4, -0.2) is 24.7 Å². The molecule has 0 aromatic heterocycles. The molecule has 6 heteroatoms. The van der Waals surface area contributed by atoms with Crippen LogP contribution in [0.4, 0.5) is 8.78 Å². The number of nitrogens with one attached hydrogen (secondary N) is 1. The SMILES string of the molecule is CCOC1CC(NC(=O)c2c(F)cc(Br)cc2F)C1(C)C. The van der Waals surface area contributed by atoms with Crippen LogP contribution in [0.5, 0.6) is 0 Å². The maximum atomic E-state index is 13.8. The van der Waals surface area contributed by atoms with E-state index in [4.69, 9.17) is 4.74 Å². The van der Waals surface area contributed by atoms with E-state index in [2.05, 4.69) is 21.2 Å². The van der Waals surface area contributed by atoms with E-state index in [0.717, 1.165) is 12.1 Å². The Bertz CT molecular complexity index is 540. The summed E-state index contributed by atoms with van der Waals surface area (Å²) in [6.07, 6.45) is 0.694. The molecule has 116 valence electrons. The van der Waals surface area contributed by atoms with Crippen molar-refractivity contribution < 1.29 is 18.3 Å². The average Bonchev–Trinajstić information content (AvgIpc) is 2.36. The number of ether oxygens (including phenoxy) is 1. The largest absolute Gasteiger partial charge is 0.378 e. The van der Waals surface area contributed by atoms with Gasteiger partial charge in [0.05, 0.1) is 6.10 Å². The summed E-state index contributed by atoms with van der Waals surface area (Å²) in [5, 5.41) is 2.70. The van der Waals surface area contributed by atoms with Crippen LogP contribution in [0, 0.1) is 17.0 Å². The Labute approximate surface area is 131 Å². The van der Waals surface area contributed by atoms with E-state index in [1.165, 1.54) is 0 Å². The molecule has 1 aromatic carbocycles. The summed E-state index contributed by atoms with van der Waals surface area (Å²) in [4.78, 5) is 12.1. The van der Waals surface area contributed by atoms with Crippen LogP contribution in [0.3, 0.4) is 0 Å². The molecular weight excluding hydrogens is 344 g/mol. The Kier molecular flexibility index (Phi) is 4.68. The molecule has 1 saturated carbocycles. The topological polar surface area (TPSA) is 38.3 Å². The van der Waals surface area contributed by atoms with Gasteiger partial charge in [0.1, 0.15) is 17.2 Å². The molecule has 1 N–H and O–H groups in total. The smallest absolute Gasteiger partial charge is 0.257 e. The molecule has 0 aliphatic heterocycles. The zero-order valence-electron chi connectivity index (χ0n) is 12.2. The molecular formula is C15H18BrF2NO2. The summed E-state index contributed by atoms with van der Waals surface area (Å²) in [6.45, 7) is 6.45. The number of carbonyl (C=O) groups is 1. The zero-order valence-corrected chi connectivity index (χ0v) is 13.8.